The molecule has 0 aliphatic heterocycles. The fourth-order valence-corrected chi connectivity index (χ4v) is 1.000. The Kier molecular flexibility index (Phi) is 1.04. The molecule has 0 spiro atoms. The first-order valence-corrected chi connectivity index (χ1v) is 3.12. The molecule has 2 atom stereocenters. The second kappa shape index (κ2) is 1.48. The number of hydrogen-bond acceptors (Lipinski definition) is 1. The molecule has 1 rings (SSSR count). The van der Waals surface area contributed by atoms with Gasteiger partial charge in [0, 0.05) is 0 Å². The maximum absolute atomic E-state index is 8.42. The highest BCUT2D eigenvalue weighted by atomic mass is 14.5. The van der Waals surface area contributed by atoms with Gasteiger partial charge in [-0.05, 0) is 18.3 Å². The highest BCUT2D eigenvalue weighted by Crippen LogP contribution is 2.53. The summed E-state index contributed by atoms with van der Waals surface area (Å²) in [6.07, 6.45) is 2.28. The van der Waals surface area contributed by atoms with Gasteiger partial charge < -0.3 is 0 Å². The zero-order valence-electron chi connectivity index (χ0n) is 5.44. The van der Waals surface area contributed by atoms with Gasteiger partial charge in [-0.2, -0.15) is 5.26 Å². The molecule has 8 heavy (non-hydrogen) atoms. The topological polar surface area (TPSA) is 23.8 Å². The molecule has 0 aromatic rings. The Hall–Kier alpha value is -0.510. The lowest BCUT2D eigenvalue weighted by Crippen LogP contribution is -1.91. The SMILES string of the molecule is CCC1(C)CC1C#N. The van der Waals surface area contributed by atoms with Gasteiger partial charge in [0.2, 0.25) is 0 Å². The summed E-state index contributed by atoms with van der Waals surface area (Å²) in [7, 11) is 0. The first-order chi connectivity index (χ1) is 3.73. The smallest absolute Gasteiger partial charge is 0.0661 e. The summed E-state index contributed by atoms with van der Waals surface area (Å²) in [6.45, 7) is 4.33. The predicted molar refractivity (Wildman–Crippen MR) is 32.1 cm³/mol. The Morgan fingerprint density at radius 1 is 1.88 bits per heavy atom. The Morgan fingerprint density at radius 2 is 2.50 bits per heavy atom. The maximum atomic E-state index is 8.42. The molecule has 1 nitrogen and oxygen atoms in total. The second-order valence-electron chi connectivity index (χ2n) is 2.89. The van der Waals surface area contributed by atoms with E-state index in [0.717, 1.165) is 12.8 Å². The summed E-state index contributed by atoms with van der Waals surface area (Å²) in [6, 6.07) is 2.28. The first-order valence-electron chi connectivity index (χ1n) is 3.12. The Bertz CT molecular complexity index is 134. The van der Waals surface area contributed by atoms with Gasteiger partial charge in [-0.25, -0.2) is 0 Å². The normalized spacial score (nSPS) is 43.4. The highest BCUT2D eigenvalue weighted by Gasteiger charge is 2.48. The molecule has 0 N–H and O–H groups in total. The third-order valence-electron chi connectivity index (χ3n) is 2.32. The molecule has 1 aliphatic rings. The van der Waals surface area contributed by atoms with Crippen LogP contribution in [0, 0.1) is 22.7 Å². The molecule has 1 aliphatic carbocycles. The third kappa shape index (κ3) is 0.608. The van der Waals surface area contributed by atoms with E-state index >= 15 is 0 Å². The van der Waals surface area contributed by atoms with Gasteiger partial charge in [-0.3, -0.25) is 0 Å². The van der Waals surface area contributed by atoms with E-state index in [4.69, 9.17) is 5.26 Å². The van der Waals surface area contributed by atoms with E-state index in [9.17, 15) is 0 Å². The van der Waals surface area contributed by atoms with Crippen molar-refractivity contribution in [2.45, 2.75) is 26.7 Å². The Morgan fingerprint density at radius 3 is 2.62 bits per heavy atom. The standard InChI is InChI=1S/C7H11N/c1-3-7(2)4-6(7)5-8/h6H,3-4H2,1-2H3. The van der Waals surface area contributed by atoms with E-state index in [0.29, 0.717) is 11.3 Å². The highest BCUT2D eigenvalue weighted by molar-refractivity contribution is 5.09. The third-order valence-corrected chi connectivity index (χ3v) is 2.32. The minimum absolute atomic E-state index is 0.368. The van der Waals surface area contributed by atoms with Crippen LogP contribution in [0.4, 0.5) is 0 Å². The zero-order chi connectivity index (χ0) is 6.20. The number of nitrogens with zero attached hydrogens (tertiary/aromatic N) is 1. The minimum atomic E-state index is 0.368. The van der Waals surface area contributed by atoms with Crippen LogP contribution < -0.4 is 0 Å². The molecule has 44 valence electrons. The fourth-order valence-electron chi connectivity index (χ4n) is 1.000. The van der Waals surface area contributed by atoms with E-state index in [1.807, 2.05) is 0 Å². The van der Waals surface area contributed by atoms with Gasteiger partial charge >= 0.3 is 0 Å². The molecule has 0 amide bonds. The molecule has 0 bridgehead atoms. The first kappa shape index (κ1) is 5.62. The van der Waals surface area contributed by atoms with Crippen molar-refractivity contribution in [3.63, 3.8) is 0 Å². The van der Waals surface area contributed by atoms with E-state index in [-0.39, 0.29) is 0 Å². The van der Waals surface area contributed by atoms with Crippen molar-refractivity contribution in [2.24, 2.45) is 11.3 Å². The van der Waals surface area contributed by atoms with Gasteiger partial charge in [0.15, 0.2) is 0 Å². The molecule has 2 unspecified atom stereocenters. The van der Waals surface area contributed by atoms with Crippen LogP contribution in [0.1, 0.15) is 26.7 Å². The van der Waals surface area contributed by atoms with Gasteiger partial charge in [-0.1, -0.05) is 13.8 Å². The summed E-state index contributed by atoms with van der Waals surface area (Å²) < 4.78 is 0. The van der Waals surface area contributed by atoms with Crippen molar-refractivity contribution in [3.05, 3.63) is 0 Å². The van der Waals surface area contributed by atoms with Crippen molar-refractivity contribution in [3.8, 4) is 6.07 Å². The molecular weight excluding hydrogens is 98.1 g/mol. The molecule has 1 saturated carbocycles. The average molecular weight is 109 g/mol. The van der Waals surface area contributed by atoms with Crippen LogP contribution in [0.2, 0.25) is 0 Å². The summed E-state index contributed by atoms with van der Waals surface area (Å²) in [5.74, 6) is 0.368. The summed E-state index contributed by atoms with van der Waals surface area (Å²) >= 11 is 0. The average Bonchev–Trinajstić information content (AvgIpc) is 2.44. The Labute approximate surface area is 50.3 Å². The number of hydrogen-bond donors (Lipinski definition) is 0. The lowest BCUT2D eigenvalue weighted by Gasteiger charge is -1.99. The molecule has 1 heteroatoms. The fraction of sp³-hybridized carbons (Fsp3) is 0.857. The van der Waals surface area contributed by atoms with Gasteiger partial charge in [0.1, 0.15) is 0 Å². The predicted octanol–water partition coefficient (Wildman–Crippen LogP) is 1.95. The largest absolute Gasteiger partial charge is 0.198 e. The van der Waals surface area contributed by atoms with Crippen molar-refractivity contribution >= 4 is 0 Å². The molecule has 0 heterocycles. The molecular formula is C7H11N. The van der Waals surface area contributed by atoms with Crippen molar-refractivity contribution in [1.29, 1.82) is 5.26 Å². The van der Waals surface area contributed by atoms with Crippen LogP contribution >= 0.6 is 0 Å². The van der Waals surface area contributed by atoms with E-state index in [1.54, 1.807) is 0 Å². The summed E-state index contributed by atoms with van der Waals surface area (Å²) in [5, 5.41) is 8.42. The van der Waals surface area contributed by atoms with Gasteiger partial charge in [0.25, 0.3) is 0 Å². The van der Waals surface area contributed by atoms with Crippen LogP contribution in [0.15, 0.2) is 0 Å². The molecule has 0 aromatic heterocycles. The van der Waals surface area contributed by atoms with E-state index in [1.165, 1.54) is 0 Å². The monoisotopic (exact) mass is 109 g/mol. The molecule has 0 radical (unpaired) electrons. The number of rotatable bonds is 1. The second-order valence-corrected chi connectivity index (χ2v) is 2.89. The Balaban J connectivity index is 2.46. The van der Waals surface area contributed by atoms with Gasteiger partial charge in [0.05, 0.1) is 12.0 Å². The van der Waals surface area contributed by atoms with Crippen LogP contribution in [-0.2, 0) is 0 Å². The van der Waals surface area contributed by atoms with Crippen molar-refractivity contribution in [2.75, 3.05) is 0 Å². The number of nitriles is 1. The van der Waals surface area contributed by atoms with Crippen LogP contribution in [-0.4, -0.2) is 0 Å². The van der Waals surface area contributed by atoms with E-state index in [2.05, 4.69) is 19.9 Å². The minimum Gasteiger partial charge on any atom is -0.198 e. The van der Waals surface area contributed by atoms with Gasteiger partial charge in [-0.15, -0.1) is 0 Å². The maximum Gasteiger partial charge on any atom is 0.0661 e. The lowest BCUT2D eigenvalue weighted by atomic mass is 10.0. The lowest BCUT2D eigenvalue weighted by molar-refractivity contribution is 0.522. The summed E-state index contributed by atoms with van der Waals surface area (Å²) in [5.41, 5.74) is 0.398. The quantitative estimate of drug-likeness (QED) is 0.505. The molecule has 0 aromatic carbocycles. The van der Waals surface area contributed by atoms with Crippen molar-refractivity contribution in [1.82, 2.24) is 0 Å². The molecule has 0 saturated heterocycles. The summed E-state index contributed by atoms with van der Waals surface area (Å²) in [4.78, 5) is 0. The van der Waals surface area contributed by atoms with Crippen LogP contribution in [0.5, 0.6) is 0 Å². The zero-order valence-corrected chi connectivity index (χ0v) is 5.44. The van der Waals surface area contributed by atoms with E-state index < -0.39 is 0 Å². The van der Waals surface area contributed by atoms with Crippen LogP contribution in [0.3, 0.4) is 0 Å². The van der Waals surface area contributed by atoms with Crippen LogP contribution in [0.25, 0.3) is 0 Å². The molecule has 1 fully saturated rings. The van der Waals surface area contributed by atoms with Crippen molar-refractivity contribution < 1.29 is 0 Å².